The number of hydrogen-bond donors (Lipinski definition) is 0. The quantitative estimate of drug-likeness (QED) is 0.557. The molecule has 1 heterocycles. The van der Waals surface area contributed by atoms with Crippen molar-refractivity contribution in [2.45, 2.75) is 6.32 Å². The predicted molar refractivity (Wildman–Crippen MR) is 41.3 cm³/mol. The van der Waals surface area contributed by atoms with Crippen LogP contribution in [0.15, 0.2) is 22.8 Å². The van der Waals surface area contributed by atoms with Gasteiger partial charge in [-0.1, -0.05) is 17.9 Å². The van der Waals surface area contributed by atoms with E-state index in [0.717, 1.165) is 16.6 Å². The van der Waals surface area contributed by atoms with Gasteiger partial charge in [-0.25, -0.2) is 4.63 Å². The van der Waals surface area contributed by atoms with Crippen LogP contribution in [0, 0.1) is 0 Å². The summed E-state index contributed by atoms with van der Waals surface area (Å²) >= 11 is 0. The zero-order valence-electron chi connectivity index (χ0n) is 5.82. The highest BCUT2D eigenvalue weighted by Gasteiger charge is 1.98. The van der Waals surface area contributed by atoms with Gasteiger partial charge in [0.15, 0.2) is 0 Å². The maximum atomic E-state index is 5.43. The molecule has 0 aliphatic rings. The Morgan fingerprint density at radius 1 is 1.27 bits per heavy atom. The molecule has 0 amide bonds. The molecule has 1 aromatic heterocycles. The SMILES string of the molecule is [B]Cc1ccc2nonc2c1. The monoisotopic (exact) mass is 144 g/mol. The number of benzene rings is 1. The molecule has 0 fully saturated rings. The zero-order valence-corrected chi connectivity index (χ0v) is 5.82. The van der Waals surface area contributed by atoms with Crippen LogP contribution in [0.2, 0.25) is 0 Å². The summed E-state index contributed by atoms with van der Waals surface area (Å²) in [4.78, 5) is 0. The summed E-state index contributed by atoms with van der Waals surface area (Å²) < 4.78 is 4.52. The van der Waals surface area contributed by atoms with Crippen molar-refractivity contribution in [3.05, 3.63) is 23.8 Å². The van der Waals surface area contributed by atoms with Gasteiger partial charge in [-0.3, -0.25) is 0 Å². The van der Waals surface area contributed by atoms with Gasteiger partial charge in [0.25, 0.3) is 0 Å². The molecule has 3 nitrogen and oxygen atoms in total. The predicted octanol–water partition coefficient (Wildman–Crippen LogP) is 0.891. The minimum atomic E-state index is 0.517. The fourth-order valence-corrected chi connectivity index (χ4v) is 0.955. The van der Waals surface area contributed by atoms with Crippen molar-refractivity contribution in [2.75, 3.05) is 0 Å². The summed E-state index contributed by atoms with van der Waals surface area (Å²) in [6.45, 7) is 0. The fraction of sp³-hybridized carbons (Fsp3) is 0.143. The minimum Gasteiger partial charge on any atom is -0.243 e. The standard InChI is InChI=1S/C7H5BN2O/c8-4-5-1-2-6-7(3-5)10-11-9-6/h1-3H,4H2. The Morgan fingerprint density at radius 3 is 2.91 bits per heavy atom. The highest BCUT2D eigenvalue weighted by molar-refractivity contribution is 6.08. The Balaban J connectivity index is 2.67. The van der Waals surface area contributed by atoms with Crippen molar-refractivity contribution in [3.8, 4) is 0 Å². The number of nitrogens with zero attached hydrogens (tertiary/aromatic N) is 2. The van der Waals surface area contributed by atoms with Gasteiger partial charge in [0.1, 0.15) is 11.0 Å². The Morgan fingerprint density at radius 2 is 2.09 bits per heavy atom. The third-order valence-electron chi connectivity index (χ3n) is 1.55. The molecule has 2 rings (SSSR count). The van der Waals surface area contributed by atoms with Crippen LogP contribution in [0.3, 0.4) is 0 Å². The highest BCUT2D eigenvalue weighted by atomic mass is 16.6. The lowest BCUT2D eigenvalue weighted by molar-refractivity contribution is 0.315. The van der Waals surface area contributed by atoms with Crippen molar-refractivity contribution >= 4 is 18.9 Å². The number of rotatable bonds is 1. The molecule has 4 heteroatoms. The van der Waals surface area contributed by atoms with Crippen LogP contribution in [0.25, 0.3) is 11.0 Å². The van der Waals surface area contributed by atoms with Gasteiger partial charge < -0.3 is 0 Å². The van der Waals surface area contributed by atoms with Crippen molar-refractivity contribution in [2.24, 2.45) is 0 Å². The van der Waals surface area contributed by atoms with Crippen LogP contribution < -0.4 is 0 Å². The van der Waals surface area contributed by atoms with Crippen molar-refractivity contribution < 1.29 is 4.63 Å². The van der Waals surface area contributed by atoms with Gasteiger partial charge in [0, 0.05) is 0 Å². The molecule has 0 unspecified atom stereocenters. The van der Waals surface area contributed by atoms with E-state index < -0.39 is 0 Å². The average Bonchev–Trinajstić information content (AvgIpc) is 2.50. The Labute approximate surface area is 64.8 Å². The van der Waals surface area contributed by atoms with E-state index in [1.54, 1.807) is 0 Å². The van der Waals surface area contributed by atoms with E-state index in [1.807, 2.05) is 18.2 Å². The summed E-state index contributed by atoms with van der Waals surface area (Å²) in [6.07, 6.45) is 0.517. The number of aromatic nitrogens is 2. The summed E-state index contributed by atoms with van der Waals surface area (Å²) in [6, 6.07) is 5.62. The summed E-state index contributed by atoms with van der Waals surface area (Å²) in [5.41, 5.74) is 2.56. The van der Waals surface area contributed by atoms with Crippen LogP contribution >= 0.6 is 0 Å². The molecule has 0 saturated carbocycles. The van der Waals surface area contributed by atoms with E-state index in [9.17, 15) is 0 Å². The van der Waals surface area contributed by atoms with E-state index in [2.05, 4.69) is 14.9 Å². The molecule has 0 N–H and O–H groups in total. The lowest BCUT2D eigenvalue weighted by atomic mass is 9.97. The number of hydrogen-bond acceptors (Lipinski definition) is 3. The number of fused-ring (bicyclic) bond motifs is 1. The van der Waals surface area contributed by atoms with Gasteiger partial charge in [0.2, 0.25) is 0 Å². The first-order valence-electron chi connectivity index (χ1n) is 3.31. The first-order chi connectivity index (χ1) is 5.40. The van der Waals surface area contributed by atoms with E-state index in [0.29, 0.717) is 6.32 Å². The maximum absolute atomic E-state index is 5.43. The summed E-state index contributed by atoms with van der Waals surface area (Å²) in [5, 5.41) is 7.35. The Bertz CT molecular complexity index is 371. The normalized spacial score (nSPS) is 10.5. The molecule has 52 valence electrons. The second-order valence-electron chi connectivity index (χ2n) is 2.29. The molecule has 0 aliphatic heterocycles. The second-order valence-corrected chi connectivity index (χ2v) is 2.29. The maximum Gasteiger partial charge on any atom is 0.135 e. The van der Waals surface area contributed by atoms with Crippen molar-refractivity contribution in [1.82, 2.24) is 10.3 Å². The van der Waals surface area contributed by atoms with Crippen molar-refractivity contribution in [1.29, 1.82) is 0 Å². The topological polar surface area (TPSA) is 38.9 Å². The van der Waals surface area contributed by atoms with E-state index in [4.69, 9.17) is 7.85 Å². The van der Waals surface area contributed by atoms with Crippen LogP contribution in [0.5, 0.6) is 0 Å². The minimum absolute atomic E-state index is 0.517. The van der Waals surface area contributed by atoms with Crippen LogP contribution in [-0.4, -0.2) is 18.2 Å². The van der Waals surface area contributed by atoms with Gasteiger partial charge in [-0.15, -0.1) is 0 Å². The Kier molecular flexibility index (Phi) is 1.38. The summed E-state index contributed by atoms with van der Waals surface area (Å²) in [7, 11) is 5.43. The zero-order chi connectivity index (χ0) is 7.68. The Hall–Kier alpha value is -1.32. The van der Waals surface area contributed by atoms with Gasteiger partial charge in [-0.05, 0) is 22.4 Å². The van der Waals surface area contributed by atoms with Crippen LogP contribution in [0.4, 0.5) is 0 Å². The smallest absolute Gasteiger partial charge is 0.135 e. The highest BCUT2D eigenvalue weighted by Crippen LogP contribution is 2.10. The van der Waals surface area contributed by atoms with E-state index >= 15 is 0 Å². The largest absolute Gasteiger partial charge is 0.243 e. The molecule has 0 spiro atoms. The third kappa shape index (κ3) is 1.00. The molecular formula is C7H5BN2O. The van der Waals surface area contributed by atoms with Gasteiger partial charge >= 0.3 is 0 Å². The lowest BCUT2D eigenvalue weighted by Gasteiger charge is -1.91. The molecule has 1 aromatic carbocycles. The van der Waals surface area contributed by atoms with E-state index in [-0.39, 0.29) is 0 Å². The molecule has 0 aliphatic carbocycles. The molecule has 0 saturated heterocycles. The molecule has 2 aromatic rings. The van der Waals surface area contributed by atoms with E-state index in [1.165, 1.54) is 0 Å². The van der Waals surface area contributed by atoms with Gasteiger partial charge in [-0.2, -0.15) is 0 Å². The van der Waals surface area contributed by atoms with Crippen LogP contribution in [-0.2, 0) is 6.32 Å². The van der Waals surface area contributed by atoms with Crippen LogP contribution in [0.1, 0.15) is 5.56 Å². The molecule has 0 atom stereocenters. The van der Waals surface area contributed by atoms with Gasteiger partial charge in [0.05, 0.1) is 7.85 Å². The molecule has 2 radical (unpaired) electrons. The molecule has 11 heavy (non-hydrogen) atoms. The van der Waals surface area contributed by atoms with Crippen molar-refractivity contribution in [3.63, 3.8) is 0 Å². The average molecular weight is 144 g/mol. The fourth-order valence-electron chi connectivity index (χ4n) is 0.955. The molecule has 0 bridgehead atoms. The first kappa shape index (κ1) is 6.40. The first-order valence-corrected chi connectivity index (χ1v) is 3.31. The molecular weight excluding hydrogens is 139 g/mol. The third-order valence-corrected chi connectivity index (χ3v) is 1.55. The summed E-state index contributed by atoms with van der Waals surface area (Å²) in [5.74, 6) is 0. The second kappa shape index (κ2) is 2.38. The lowest BCUT2D eigenvalue weighted by Crippen LogP contribution is -1.82.